The first kappa shape index (κ1) is 12.8. The van der Waals surface area contributed by atoms with Gasteiger partial charge in [0.15, 0.2) is 0 Å². The van der Waals surface area contributed by atoms with Crippen LogP contribution in [-0.4, -0.2) is 41.9 Å². The number of likely N-dealkylation sites (tertiary alicyclic amines) is 1. The van der Waals surface area contributed by atoms with Crippen LogP contribution in [0.1, 0.15) is 20.3 Å². The van der Waals surface area contributed by atoms with Crippen molar-refractivity contribution in [3.05, 3.63) is 0 Å². The summed E-state index contributed by atoms with van der Waals surface area (Å²) in [4.78, 5) is 14.1. The van der Waals surface area contributed by atoms with Crippen LogP contribution in [0.15, 0.2) is 0 Å². The lowest BCUT2D eigenvalue weighted by Crippen LogP contribution is -2.38. The van der Waals surface area contributed by atoms with Crippen LogP contribution in [0.3, 0.4) is 0 Å². The maximum atomic E-state index is 12.1. The Bertz CT molecular complexity index is 223. The summed E-state index contributed by atoms with van der Waals surface area (Å²) in [6, 6.07) is 0.371. The van der Waals surface area contributed by atoms with Crippen molar-refractivity contribution in [1.29, 1.82) is 0 Å². The van der Waals surface area contributed by atoms with Crippen molar-refractivity contribution in [3.63, 3.8) is 0 Å². The van der Waals surface area contributed by atoms with Crippen molar-refractivity contribution in [2.45, 2.75) is 26.3 Å². The molecule has 0 spiro atoms. The van der Waals surface area contributed by atoms with Crippen molar-refractivity contribution in [1.82, 2.24) is 4.90 Å². The molecule has 1 fully saturated rings. The molecule has 0 aromatic carbocycles. The van der Waals surface area contributed by atoms with Gasteiger partial charge in [0.25, 0.3) is 0 Å². The molecule has 0 saturated carbocycles. The van der Waals surface area contributed by atoms with E-state index in [2.05, 4.69) is 6.92 Å². The quantitative estimate of drug-likeness (QED) is 0.789. The van der Waals surface area contributed by atoms with Crippen molar-refractivity contribution in [3.8, 4) is 0 Å². The van der Waals surface area contributed by atoms with E-state index in [-0.39, 0.29) is 5.92 Å². The van der Waals surface area contributed by atoms with Crippen LogP contribution < -0.4 is 5.73 Å². The molecule has 3 atom stereocenters. The summed E-state index contributed by atoms with van der Waals surface area (Å²) in [7, 11) is 0. The largest absolute Gasteiger partial charge is 0.339 e. The molecule has 1 aliphatic heterocycles. The molecule has 0 aromatic heterocycles. The molecular weight excluding hydrogens is 208 g/mol. The number of thioether (sulfide) groups is 1. The summed E-state index contributed by atoms with van der Waals surface area (Å²) in [6.45, 7) is 5.70. The molecule has 0 bridgehead atoms. The molecule has 88 valence electrons. The second kappa shape index (κ2) is 5.75. The van der Waals surface area contributed by atoms with E-state index in [1.807, 2.05) is 18.1 Å². The van der Waals surface area contributed by atoms with E-state index >= 15 is 0 Å². The van der Waals surface area contributed by atoms with E-state index in [1.54, 1.807) is 11.8 Å². The molecule has 0 aliphatic carbocycles. The Hall–Kier alpha value is -0.220. The van der Waals surface area contributed by atoms with Crippen LogP contribution in [0.4, 0.5) is 0 Å². The van der Waals surface area contributed by atoms with Gasteiger partial charge in [-0.05, 0) is 32.1 Å². The summed E-state index contributed by atoms with van der Waals surface area (Å²) in [5, 5.41) is 0. The second-order valence-corrected chi connectivity index (χ2v) is 5.44. The molecule has 1 aliphatic rings. The van der Waals surface area contributed by atoms with Crippen LogP contribution in [0.2, 0.25) is 0 Å². The van der Waals surface area contributed by atoms with Gasteiger partial charge in [-0.1, -0.05) is 6.92 Å². The summed E-state index contributed by atoms with van der Waals surface area (Å²) < 4.78 is 0. The molecular formula is C11H22N2OS. The molecule has 3 nitrogen and oxygen atoms in total. The molecule has 2 N–H and O–H groups in total. The lowest BCUT2D eigenvalue weighted by Gasteiger charge is -2.24. The van der Waals surface area contributed by atoms with Crippen molar-refractivity contribution < 1.29 is 4.79 Å². The summed E-state index contributed by atoms with van der Waals surface area (Å²) in [5.74, 6) is 1.85. The first-order valence-electron chi connectivity index (χ1n) is 5.59. The number of carbonyl (C=O) groups excluding carboxylic acids is 1. The van der Waals surface area contributed by atoms with Gasteiger partial charge in [-0.25, -0.2) is 0 Å². The van der Waals surface area contributed by atoms with Gasteiger partial charge in [-0.3, -0.25) is 4.79 Å². The standard InChI is InChI=1S/C11H22N2OS/c1-8(7-15-3)11(14)13-6-10(5-12)4-9(13)2/h8-10H,4-7,12H2,1-3H3. The summed E-state index contributed by atoms with van der Waals surface area (Å²) >= 11 is 1.73. The smallest absolute Gasteiger partial charge is 0.226 e. The van der Waals surface area contributed by atoms with Gasteiger partial charge in [-0.2, -0.15) is 11.8 Å². The van der Waals surface area contributed by atoms with E-state index in [9.17, 15) is 4.79 Å². The highest BCUT2D eigenvalue weighted by Crippen LogP contribution is 2.24. The molecule has 1 saturated heterocycles. The van der Waals surface area contributed by atoms with Gasteiger partial charge in [0.05, 0.1) is 0 Å². The number of nitrogens with zero attached hydrogens (tertiary/aromatic N) is 1. The molecule has 0 radical (unpaired) electrons. The minimum atomic E-state index is 0.138. The van der Waals surface area contributed by atoms with E-state index in [4.69, 9.17) is 5.73 Å². The Kier molecular flexibility index (Phi) is 4.93. The lowest BCUT2D eigenvalue weighted by atomic mass is 10.1. The molecule has 0 aromatic rings. The van der Waals surface area contributed by atoms with Crippen LogP contribution in [0.25, 0.3) is 0 Å². The third kappa shape index (κ3) is 3.11. The summed E-state index contributed by atoms with van der Waals surface area (Å²) in [6.07, 6.45) is 3.11. The fourth-order valence-electron chi connectivity index (χ4n) is 2.22. The van der Waals surface area contributed by atoms with E-state index in [0.29, 0.717) is 24.4 Å². The first-order chi connectivity index (χ1) is 7.10. The zero-order valence-electron chi connectivity index (χ0n) is 9.90. The molecule has 1 amide bonds. The topological polar surface area (TPSA) is 46.3 Å². The third-order valence-electron chi connectivity index (χ3n) is 3.12. The maximum Gasteiger partial charge on any atom is 0.226 e. The van der Waals surface area contributed by atoms with Crippen molar-refractivity contribution >= 4 is 17.7 Å². The SMILES string of the molecule is CSCC(C)C(=O)N1CC(CN)CC1C. The number of carbonyl (C=O) groups is 1. The van der Waals surface area contributed by atoms with E-state index in [1.165, 1.54) is 0 Å². The highest BCUT2D eigenvalue weighted by Gasteiger charge is 2.33. The minimum Gasteiger partial charge on any atom is -0.339 e. The van der Waals surface area contributed by atoms with Crippen LogP contribution >= 0.6 is 11.8 Å². The fourth-order valence-corrected chi connectivity index (χ4v) is 2.87. The lowest BCUT2D eigenvalue weighted by molar-refractivity contribution is -0.134. The fraction of sp³-hybridized carbons (Fsp3) is 0.909. The second-order valence-electron chi connectivity index (χ2n) is 4.53. The molecule has 15 heavy (non-hydrogen) atoms. The predicted octanol–water partition coefficient (Wildman–Crippen LogP) is 1.18. The maximum absolute atomic E-state index is 12.1. The summed E-state index contributed by atoms with van der Waals surface area (Å²) in [5.41, 5.74) is 5.65. The van der Waals surface area contributed by atoms with Crippen LogP contribution in [0.5, 0.6) is 0 Å². The molecule has 1 heterocycles. The number of amides is 1. The zero-order valence-corrected chi connectivity index (χ0v) is 10.7. The highest BCUT2D eigenvalue weighted by molar-refractivity contribution is 7.98. The van der Waals surface area contributed by atoms with Gasteiger partial charge >= 0.3 is 0 Å². The number of nitrogens with two attached hydrogens (primary N) is 1. The first-order valence-corrected chi connectivity index (χ1v) is 6.99. The monoisotopic (exact) mass is 230 g/mol. The van der Waals surface area contributed by atoms with Gasteiger partial charge in [0.1, 0.15) is 0 Å². The Balaban J connectivity index is 2.53. The van der Waals surface area contributed by atoms with Crippen molar-refractivity contribution in [2.75, 3.05) is 25.1 Å². The van der Waals surface area contributed by atoms with Gasteiger partial charge in [0, 0.05) is 24.3 Å². The predicted molar refractivity (Wildman–Crippen MR) is 65.9 cm³/mol. The van der Waals surface area contributed by atoms with Crippen LogP contribution in [-0.2, 0) is 4.79 Å². The molecule has 4 heteroatoms. The minimum absolute atomic E-state index is 0.138. The Morgan fingerprint density at radius 2 is 2.33 bits per heavy atom. The van der Waals surface area contributed by atoms with Gasteiger partial charge in [0.2, 0.25) is 5.91 Å². The Morgan fingerprint density at radius 3 is 2.80 bits per heavy atom. The van der Waals surface area contributed by atoms with Crippen LogP contribution in [0, 0.1) is 11.8 Å². The zero-order chi connectivity index (χ0) is 11.4. The number of hydrogen-bond acceptors (Lipinski definition) is 3. The molecule has 1 rings (SSSR count). The van der Waals surface area contributed by atoms with Crippen molar-refractivity contribution in [2.24, 2.45) is 17.6 Å². The number of rotatable bonds is 4. The average Bonchev–Trinajstić information content (AvgIpc) is 2.59. The average molecular weight is 230 g/mol. The van der Waals surface area contributed by atoms with Gasteiger partial charge in [-0.15, -0.1) is 0 Å². The highest BCUT2D eigenvalue weighted by atomic mass is 32.2. The number of hydrogen-bond donors (Lipinski definition) is 1. The van der Waals surface area contributed by atoms with E-state index in [0.717, 1.165) is 18.7 Å². The van der Waals surface area contributed by atoms with Gasteiger partial charge < -0.3 is 10.6 Å². The van der Waals surface area contributed by atoms with E-state index < -0.39 is 0 Å². The third-order valence-corrected chi connectivity index (χ3v) is 3.95. The Labute approximate surface area is 96.8 Å². The Morgan fingerprint density at radius 1 is 1.67 bits per heavy atom. The molecule has 3 unspecified atom stereocenters. The normalized spacial score (nSPS) is 28.1.